The van der Waals surface area contributed by atoms with Crippen molar-refractivity contribution in [3.63, 3.8) is 0 Å². The Labute approximate surface area is 143 Å². The van der Waals surface area contributed by atoms with E-state index in [9.17, 15) is 0 Å². The fourth-order valence-electron chi connectivity index (χ4n) is 5.66. The topological polar surface area (TPSA) is 0 Å². The van der Waals surface area contributed by atoms with Crippen molar-refractivity contribution < 1.29 is 0 Å². The summed E-state index contributed by atoms with van der Waals surface area (Å²) in [4.78, 5) is 3.49. The van der Waals surface area contributed by atoms with Gasteiger partial charge < -0.3 is 0 Å². The van der Waals surface area contributed by atoms with Crippen molar-refractivity contribution >= 4 is 43.2 Å². The van der Waals surface area contributed by atoms with Gasteiger partial charge in [-0.15, -0.1) is 11.3 Å². The molecule has 0 nitrogen and oxygen atoms in total. The van der Waals surface area contributed by atoms with E-state index in [-0.39, 0.29) is 0 Å². The Morgan fingerprint density at radius 3 is 2.20 bits per heavy atom. The molecule has 1 aromatic heterocycles. The Hall–Kier alpha value is 0.660. The van der Waals surface area contributed by atoms with E-state index < -0.39 is 0 Å². The Balaban J connectivity index is 1.53. The van der Waals surface area contributed by atoms with Crippen LogP contribution in [0.4, 0.5) is 0 Å². The molecule has 0 saturated heterocycles. The van der Waals surface area contributed by atoms with Crippen LogP contribution in [-0.4, -0.2) is 0 Å². The summed E-state index contributed by atoms with van der Waals surface area (Å²) in [7, 11) is 0. The SMILES string of the molecule is Cc1sc(C(Br)CC23CC4CC(CC(C4)C2)C3)cc1Br. The summed E-state index contributed by atoms with van der Waals surface area (Å²) in [6.07, 6.45) is 10.6. The van der Waals surface area contributed by atoms with Crippen LogP contribution in [0.1, 0.15) is 59.5 Å². The van der Waals surface area contributed by atoms with Gasteiger partial charge in [-0.25, -0.2) is 0 Å². The molecule has 1 atom stereocenters. The summed E-state index contributed by atoms with van der Waals surface area (Å²) in [6.45, 7) is 2.21. The maximum absolute atomic E-state index is 4.01. The second kappa shape index (κ2) is 5.09. The van der Waals surface area contributed by atoms with Crippen LogP contribution in [0.3, 0.4) is 0 Å². The lowest BCUT2D eigenvalue weighted by molar-refractivity contribution is -0.0570. The summed E-state index contributed by atoms with van der Waals surface area (Å²) < 4.78 is 1.28. The first-order valence-electron chi connectivity index (χ1n) is 7.93. The molecule has 0 amide bonds. The van der Waals surface area contributed by atoms with Gasteiger partial charge in [-0.3, -0.25) is 0 Å². The number of aryl methyl sites for hydroxylation is 1. The van der Waals surface area contributed by atoms with E-state index in [2.05, 4.69) is 44.8 Å². The Morgan fingerprint density at radius 1 is 1.20 bits per heavy atom. The number of halogens is 2. The fourth-order valence-corrected chi connectivity index (χ4v) is 8.29. The average molecular weight is 418 g/mol. The molecular weight excluding hydrogens is 396 g/mol. The van der Waals surface area contributed by atoms with Crippen molar-refractivity contribution in [2.24, 2.45) is 23.2 Å². The number of thiophene rings is 1. The Bertz CT molecular complexity index is 464. The molecular formula is C17H22Br2S. The lowest BCUT2D eigenvalue weighted by Gasteiger charge is -2.57. The van der Waals surface area contributed by atoms with Gasteiger partial charge in [-0.1, -0.05) is 15.9 Å². The van der Waals surface area contributed by atoms with Crippen molar-refractivity contribution in [3.8, 4) is 0 Å². The lowest BCUT2D eigenvalue weighted by Crippen LogP contribution is -2.46. The van der Waals surface area contributed by atoms with Crippen LogP contribution in [0.5, 0.6) is 0 Å². The van der Waals surface area contributed by atoms with Crippen LogP contribution in [0.2, 0.25) is 0 Å². The van der Waals surface area contributed by atoms with Gasteiger partial charge in [-0.2, -0.15) is 0 Å². The van der Waals surface area contributed by atoms with Crippen molar-refractivity contribution in [2.45, 2.75) is 56.7 Å². The standard InChI is InChI=1S/C17H22Br2S/c1-10-14(18)5-16(20-10)15(19)9-17-6-11-2-12(7-17)4-13(3-11)8-17/h5,11-13,15H,2-4,6-9H2,1H3. The molecule has 0 N–H and O–H groups in total. The lowest BCUT2D eigenvalue weighted by atomic mass is 9.48. The third-order valence-electron chi connectivity index (χ3n) is 5.96. The first kappa shape index (κ1) is 14.3. The van der Waals surface area contributed by atoms with Crippen LogP contribution < -0.4 is 0 Å². The molecule has 0 aliphatic heterocycles. The average Bonchev–Trinajstić information content (AvgIpc) is 2.67. The van der Waals surface area contributed by atoms with Gasteiger partial charge in [0.2, 0.25) is 0 Å². The first-order chi connectivity index (χ1) is 9.53. The third-order valence-corrected chi connectivity index (χ3v) is 9.33. The normalized spacial score (nSPS) is 40.2. The minimum absolute atomic E-state index is 0.564. The summed E-state index contributed by atoms with van der Waals surface area (Å²) in [5, 5.41) is 0. The molecule has 4 fully saturated rings. The summed E-state index contributed by atoms with van der Waals surface area (Å²) in [6, 6.07) is 2.33. The highest BCUT2D eigenvalue weighted by Crippen LogP contribution is 2.63. The van der Waals surface area contributed by atoms with Crippen molar-refractivity contribution in [3.05, 3.63) is 20.3 Å². The second-order valence-corrected chi connectivity index (χ2v) is 10.9. The van der Waals surface area contributed by atoms with Gasteiger partial charge in [0.15, 0.2) is 0 Å². The van der Waals surface area contributed by atoms with Gasteiger partial charge in [-0.05, 0) is 97.0 Å². The molecule has 0 spiro atoms. The van der Waals surface area contributed by atoms with E-state index in [0.717, 1.165) is 17.8 Å². The van der Waals surface area contributed by atoms with E-state index >= 15 is 0 Å². The zero-order valence-electron chi connectivity index (χ0n) is 12.0. The molecule has 1 unspecified atom stereocenters. The van der Waals surface area contributed by atoms with Gasteiger partial charge in [0.1, 0.15) is 0 Å². The zero-order valence-corrected chi connectivity index (χ0v) is 16.0. The number of hydrogen-bond donors (Lipinski definition) is 0. The van der Waals surface area contributed by atoms with Crippen LogP contribution in [0, 0.1) is 30.1 Å². The zero-order chi connectivity index (χ0) is 13.9. The minimum atomic E-state index is 0.564. The maximum atomic E-state index is 4.01. The van der Waals surface area contributed by atoms with Crippen LogP contribution in [0.25, 0.3) is 0 Å². The van der Waals surface area contributed by atoms with Crippen molar-refractivity contribution in [1.82, 2.24) is 0 Å². The highest BCUT2D eigenvalue weighted by Gasteiger charge is 2.51. The van der Waals surface area contributed by atoms with E-state index in [0.29, 0.717) is 10.2 Å². The second-order valence-electron chi connectivity index (χ2n) is 7.64. The number of hydrogen-bond acceptors (Lipinski definition) is 1. The summed E-state index contributed by atoms with van der Waals surface area (Å²) in [5.41, 5.74) is 0.674. The minimum Gasteiger partial charge on any atom is -0.143 e. The first-order valence-corrected chi connectivity index (χ1v) is 10.5. The van der Waals surface area contributed by atoms with Gasteiger partial charge in [0.05, 0.1) is 0 Å². The number of rotatable bonds is 3. The van der Waals surface area contributed by atoms with E-state index in [1.165, 1.54) is 39.9 Å². The molecule has 0 aromatic carbocycles. The summed E-state index contributed by atoms with van der Waals surface area (Å²) >= 11 is 9.64. The quantitative estimate of drug-likeness (QED) is 0.471. The molecule has 4 saturated carbocycles. The van der Waals surface area contributed by atoms with Crippen LogP contribution in [0.15, 0.2) is 10.5 Å². The largest absolute Gasteiger partial charge is 0.143 e. The smallest absolute Gasteiger partial charge is 0.0494 e. The maximum Gasteiger partial charge on any atom is 0.0494 e. The van der Waals surface area contributed by atoms with Crippen LogP contribution in [-0.2, 0) is 0 Å². The molecule has 4 aliphatic carbocycles. The van der Waals surface area contributed by atoms with E-state index in [1.807, 2.05) is 11.3 Å². The Morgan fingerprint density at radius 2 is 1.75 bits per heavy atom. The van der Waals surface area contributed by atoms with Gasteiger partial charge in [0.25, 0.3) is 0 Å². The third kappa shape index (κ3) is 2.46. The monoisotopic (exact) mass is 416 g/mol. The number of alkyl halides is 1. The molecule has 1 aromatic rings. The van der Waals surface area contributed by atoms with Crippen LogP contribution >= 0.6 is 43.2 Å². The molecule has 4 bridgehead atoms. The molecule has 4 aliphatic rings. The highest BCUT2D eigenvalue weighted by molar-refractivity contribution is 9.10. The highest BCUT2D eigenvalue weighted by atomic mass is 79.9. The molecule has 20 heavy (non-hydrogen) atoms. The van der Waals surface area contributed by atoms with Crippen molar-refractivity contribution in [2.75, 3.05) is 0 Å². The van der Waals surface area contributed by atoms with E-state index in [4.69, 9.17) is 0 Å². The predicted octanol–water partition coefficient (Wildman–Crippen LogP) is 6.86. The summed E-state index contributed by atoms with van der Waals surface area (Å²) in [5.74, 6) is 3.20. The van der Waals surface area contributed by atoms with Gasteiger partial charge >= 0.3 is 0 Å². The molecule has 5 rings (SSSR count). The predicted molar refractivity (Wildman–Crippen MR) is 93.6 cm³/mol. The molecule has 1 heterocycles. The van der Waals surface area contributed by atoms with Crippen molar-refractivity contribution in [1.29, 1.82) is 0 Å². The molecule has 3 heteroatoms. The molecule has 110 valence electrons. The van der Waals surface area contributed by atoms with E-state index in [1.54, 1.807) is 19.3 Å². The fraction of sp³-hybridized carbons (Fsp3) is 0.765. The van der Waals surface area contributed by atoms with Gasteiger partial charge in [0, 0.05) is 19.1 Å². The molecule has 0 radical (unpaired) electrons. The Kier molecular flexibility index (Phi) is 3.63.